The van der Waals surface area contributed by atoms with E-state index in [1.54, 1.807) is 30.6 Å². The average molecular weight is 334 g/mol. The van der Waals surface area contributed by atoms with Gasteiger partial charge in [-0.1, -0.05) is 41.9 Å². The smallest absolute Gasteiger partial charge is 0.267 e. The number of hydrogen-bond acceptors (Lipinski definition) is 3. The molecule has 0 N–H and O–H groups in total. The summed E-state index contributed by atoms with van der Waals surface area (Å²) in [7, 11) is 0. The van der Waals surface area contributed by atoms with Gasteiger partial charge >= 0.3 is 0 Å². The summed E-state index contributed by atoms with van der Waals surface area (Å²) >= 11 is 6.15. The van der Waals surface area contributed by atoms with Crippen molar-refractivity contribution >= 4 is 28.4 Å². The molecule has 0 aliphatic carbocycles. The van der Waals surface area contributed by atoms with Gasteiger partial charge in [0.15, 0.2) is 0 Å². The molecule has 0 bridgehead atoms. The van der Waals surface area contributed by atoms with Gasteiger partial charge < -0.3 is 0 Å². The summed E-state index contributed by atoms with van der Waals surface area (Å²) in [6.07, 6.45) is 3.18. The summed E-state index contributed by atoms with van der Waals surface area (Å²) in [5, 5.41) is 6.02. The fourth-order valence-corrected chi connectivity index (χ4v) is 2.84. The molecular formula is C19H12ClN3O. The first kappa shape index (κ1) is 14.6. The summed E-state index contributed by atoms with van der Waals surface area (Å²) in [4.78, 5) is 16.8. The van der Waals surface area contributed by atoms with Crippen molar-refractivity contribution < 1.29 is 4.79 Å². The minimum Gasteiger partial charge on any atom is -0.267 e. The average Bonchev–Trinajstić information content (AvgIpc) is 3.01. The van der Waals surface area contributed by atoms with Crippen LogP contribution in [0.5, 0.6) is 0 Å². The van der Waals surface area contributed by atoms with Crippen molar-refractivity contribution in [3.8, 4) is 11.3 Å². The molecule has 116 valence electrons. The molecular weight excluding hydrogens is 322 g/mol. The van der Waals surface area contributed by atoms with E-state index in [-0.39, 0.29) is 5.91 Å². The molecule has 24 heavy (non-hydrogen) atoms. The minimum absolute atomic E-state index is 0.202. The lowest BCUT2D eigenvalue weighted by molar-refractivity contribution is 0.0950. The minimum atomic E-state index is -0.202. The van der Waals surface area contributed by atoms with Gasteiger partial charge in [0.2, 0.25) is 0 Å². The van der Waals surface area contributed by atoms with Crippen LogP contribution in [0.25, 0.3) is 22.2 Å². The van der Waals surface area contributed by atoms with Crippen molar-refractivity contribution in [2.24, 2.45) is 0 Å². The molecule has 0 amide bonds. The van der Waals surface area contributed by atoms with E-state index in [4.69, 9.17) is 11.6 Å². The van der Waals surface area contributed by atoms with Crippen LogP contribution in [0.15, 0.2) is 73.1 Å². The molecule has 4 rings (SSSR count). The molecule has 5 heteroatoms. The van der Waals surface area contributed by atoms with Crippen LogP contribution < -0.4 is 0 Å². The maximum absolute atomic E-state index is 12.8. The Morgan fingerprint density at radius 1 is 0.958 bits per heavy atom. The first-order valence-corrected chi connectivity index (χ1v) is 7.80. The van der Waals surface area contributed by atoms with E-state index in [0.717, 1.165) is 22.2 Å². The van der Waals surface area contributed by atoms with Gasteiger partial charge in [0.05, 0.1) is 5.52 Å². The molecule has 0 saturated carbocycles. The zero-order valence-corrected chi connectivity index (χ0v) is 13.3. The highest BCUT2D eigenvalue weighted by Gasteiger charge is 2.18. The van der Waals surface area contributed by atoms with Crippen molar-refractivity contribution in [2.75, 3.05) is 0 Å². The molecule has 0 fully saturated rings. The van der Waals surface area contributed by atoms with Gasteiger partial charge in [0, 0.05) is 33.9 Å². The summed E-state index contributed by atoms with van der Waals surface area (Å²) in [5.74, 6) is -0.202. The summed E-state index contributed by atoms with van der Waals surface area (Å²) in [6.45, 7) is 0. The first-order valence-electron chi connectivity index (χ1n) is 7.42. The van der Waals surface area contributed by atoms with E-state index in [0.29, 0.717) is 10.6 Å². The standard InChI is InChI=1S/C19H12ClN3O/c20-15-6-7-17-16(12-15)18(13-4-2-1-3-5-13)22-23(17)19(24)14-8-10-21-11-9-14/h1-12H. The van der Waals surface area contributed by atoms with E-state index in [1.807, 2.05) is 42.5 Å². The number of aromatic nitrogens is 3. The number of carbonyl (C=O) groups excluding carboxylic acids is 1. The molecule has 2 aromatic carbocycles. The molecule has 0 saturated heterocycles. The third kappa shape index (κ3) is 2.47. The normalized spacial score (nSPS) is 10.9. The summed E-state index contributed by atoms with van der Waals surface area (Å²) < 4.78 is 1.42. The quantitative estimate of drug-likeness (QED) is 0.545. The van der Waals surface area contributed by atoms with Crippen LogP contribution in [-0.2, 0) is 0 Å². The number of benzene rings is 2. The molecule has 2 heterocycles. The lowest BCUT2D eigenvalue weighted by Crippen LogP contribution is -2.13. The second-order valence-corrected chi connectivity index (χ2v) is 5.77. The number of rotatable bonds is 2. The van der Waals surface area contributed by atoms with E-state index in [2.05, 4.69) is 10.1 Å². The Hall–Kier alpha value is -2.98. The molecule has 2 aromatic heterocycles. The van der Waals surface area contributed by atoms with E-state index >= 15 is 0 Å². The van der Waals surface area contributed by atoms with Gasteiger partial charge in [-0.15, -0.1) is 0 Å². The second-order valence-electron chi connectivity index (χ2n) is 5.33. The lowest BCUT2D eigenvalue weighted by Gasteiger charge is -2.01. The highest BCUT2D eigenvalue weighted by Crippen LogP contribution is 2.30. The second kappa shape index (κ2) is 5.91. The number of nitrogens with zero attached hydrogens (tertiary/aromatic N) is 3. The highest BCUT2D eigenvalue weighted by atomic mass is 35.5. The summed E-state index contributed by atoms with van der Waals surface area (Å²) in [6, 6.07) is 18.5. The Kier molecular flexibility index (Phi) is 3.59. The fourth-order valence-electron chi connectivity index (χ4n) is 2.67. The van der Waals surface area contributed by atoms with Crippen LogP contribution in [-0.4, -0.2) is 20.7 Å². The molecule has 4 aromatic rings. The fraction of sp³-hybridized carbons (Fsp3) is 0. The van der Waals surface area contributed by atoms with Crippen LogP contribution in [0, 0.1) is 0 Å². The Morgan fingerprint density at radius 2 is 1.71 bits per heavy atom. The molecule has 4 nitrogen and oxygen atoms in total. The lowest BCUT2D eigenvalue weighted by atomic mass is 10.1. The first-order chi connectivity index (χ1) is 11.7. The Morgan fingerprint density at radius 3 is 2.46 bits per heavy atom. The number of halogens is 1. The van der Waals surface area contributed by atoms with E-state index in [9.17, 15) is 4.79 Å². The van der Waals surface area contributed by atoms with Crippen LogP contribution >= 0.6 is 11.6 Å². The number of pyridine rings is 1. The highest BCUT2D eigenvalue weighted by molar-refractivity contribution is 6.31. The van der Waals surface area contributed by atoms with Crippen molar-refractivity contribution in [3.05, 3.63) is 83.6 Å². The topological polar surface area (TPSA) is 47.8 Å². The maximum Gasteiger partial charge on any atom is 0.278 e. The van der Waals surface area contributed by atoms with Crippen LogP contribution in [0.2, 0.25) is 5.02 Å². The Bertz CT molecular complexity index is 1030. The molecule has 0 spiro atoms. The zero-order valence-electron chi connectivity index (χ0n) is 12.6. The van der Waals surface area contributed by atoms with Gasteiger partial charge in [-0.2, -0.15) is 9.78 Å². The molecule has 0 atom stereocenters. The predicted molar refractivity (Wildman–Crippen MR) is 94.1 cm³/mol. The van der Waals surface area contributed by atoms with Crippen LogP contribution in [0.1, 0.15) is 10.4 Å². The van der Waals surface area contributed by atoms with Gasteiger partial charge in [-0.05, 0) is 30.3 Å². The van der Waals surface area contributed by atoms with Gasteiger partial charge in [-0.25, -0.2) is 0 Å². The van der Waals surface area contributed by atoms with Crippen LogP contribution in [0.4, 0.5) is 0 Å². The zero-order chi connectivity index (χ0) is 16.5. The van der Waals surface area contributed by atoms with Crippen molar-refractivity contribution in [1.29, 1.82) is 0 Å². The van der Waals surface area contributed by atoms with Gasteiger partial charge in [0.25, 0.3) is 5.91 Å². The Labute approximate surface area is 143 Å². The van der Waals surface area contributed by atoms with E-state index in [1.165, 1.54) is 4.68 Å². The predicted octanol–water partition coefficient (Wildman–Crippen LogP) is 4.44. The molecule has 0 radical (unpaired) electrons. The monoisotopic (exact) mass is 333 g/mol. The van der Waals surface area contributed by atoms with Crippen molar-refractivity contribution in [1.82, 2.24) is 14.8 Å². The van der Waals surface area contributed by atoms with Crippen molar-refractivity contribution in [2.45, 2.75) is 0 Å². The van der Waals surface area contributed by atoms with Crippen LogP contribution in [0.3, 0.4) is 0 Å². The molecule has 0 aliphatic rings. The number of fused-ring (bicyclic) bond motifs is 1. The van der Waals surface area contributed by atoms with Gasteiger partial charge in [0.1, 0.15) is 5.69 Å². The van der Waals surface area contributed by atoms with Gasteiger partial charge in [-0.3, -0.25) is 9.78 Å². The summed E-state index contributed by atoms with van der Waals surface area (Å²) in [5.41, 5.74) is 2.92. The third-order valence-corrected chi connectivity index (χ3v) is 4.04. The largest absolute Gasteiger partial charge is 0.278 e. The number of hydrogen-bond donors (Lipinski definition) is 0. The Balaban J connectivity index is 1.96. The molecule has 0 unspecified atom stereocenters. The van der Waals surface area contributed by atoms with Crippen molar-refractivity contribution in [3.63, 3.8) is 0 Å². The SMILES string of the molecule is O=C(c1ccncc1)n1nc(-c2ccccc2)c2cc(Cl)ccc21. The number of carbonyl (C=O) groups is 1. The molecule has 0 aliphatic heterocycles. The third-order valence-electron chi connectivity index (χ3n) is 3.81. The van der Waals surface area contributed by atoms with E-state index < -0.39 is 0 Å². The maximum atomic E-state index is 12.8.